The molecule has 3 heteroatoms. The minimum atomic E-state index is 0.552. The lowest BCUT2D eigenvalue weighted by molar-refractivity contribution is 0.306. The van der Waals surface area contributed by atoms with Crippen LogP contribution in [0.15, 0.2) is 97.3 Å². The molecule has 0 atom stereocenters. The first-order valence-corrected chi connectivity index (χ1v) is 8.87. The third-order valence-electron chi connectivity index (χ3n) is 4.48. The lowest BCUT2D eigenvalue weighted by atomic mass is 9.93. The molecule has 0 aliphatic heterocycles. The summed E-state index contributed by atoms with van der Waals surface area (Å²) in [4.78, 5) is 4.10. The molecule has 0 unspecified atom stereocenters. The molecule has 0 saturated heterocycles. The summed E-state index contributed by atoms with van der Waals surface area (Å²) in [5.74, 6) is 0.836. The molecule has 0 aliphatic rings. The molecule has 0 radical (unpaired) electrons. The number of hydrogen-bond acceptors (Lipinski definition) is 3. The summed E-state index contributed by atoms with van der Waals surface area (Å²) in [6.45, 7) is 0.552. The summed E-state index contributed by atoms with van der Waals surface area (Å²) in [5, 5.41) is 0. The van der Waals surface area contributed by atoms with Crippen molar-refractivity contribution >= 4 is 5.69 Å². The van der Waals surface area contributed by atoms with Gasteiger partial charge in [-0.1, -0.05) is 54.6 Å². The van der Waals surface area contributed by atoms with Gasteiger partial charge < -0.3 is 10.5 Å². The lowest BCUT2D eigenvalue weighted by Crippen LogP contribution is -1.96. The Balaban J connectivity index is 1.61. The molecule has 0 fully saturated rings. The van der Waals surface area contributed by atoms with Crippen LogP contribution in [0.1, 0.15) is 5.56 Å². The molecular formula is C24H20N2O. The lowest BCUT2D eigenvalue weighted by Gasteiger charge is -2.14. The summed E-state index contributed by atoms with van der Waals surface area (Å²) < 4.78 is 5.89. The Labute approximate surface area is 159 Å². The Morgan fingerprint density at radius 1 is 0.704 bits per heavy atom. The zero-order chi connectivity index (χ0) is 18.5. The molecule has 0 spiro atoms. The molecule has 0 aliphatic carbocycles. The van der Waals surface area contributed by atoms with Crippen molar-refractivity contribution in [2.75, 3.05) is 5.73 Å². The van der Waals surface area contributed by atoms with Gasteiger partial charge in [-0.2, -0.15) is 0 Å². The third-order valence-corrected chi connectivity index (χ3v) is 4.48. The van der Waals surface area contributed by atoms with E-state index in [2.05, 4.69) is 35.3 Å². The standard InChI is InChI=1S/C24H20N2O/c25-23-8-4-7-22(19-13-15-26-16-14-19)24(23)20-9-11-21(12-10-20)27-17-18-5-2-1-3-6-18/h1-16H,17,25H2. The van der Waals surface area contributed by atoms with Gasteiger partial charge in [0.1, 0.15) is 12.4 Å². The molecule has 4 rings (SSSR count). The minimum absolute atomic E-state index is 0.552. The Bertz CT molecular complexity index is 1010. The maximum absolute atomic E-state index is 6.32. The molecule has 27 heavy (non-hydrogen) atoms. The molecule has 0 amide bonds. The van der Waals surface area contributed by atoms with Crippen molar-refractivity contribution in [2.24, 2.45) is 0 Å². The van der Waals surface area contributed by atoms with Crippen LogP contribution in [0, 0.1) is 0 Å². The second kappa shape index (κ2) is 7.75. The average molecular weight is 352 g/mol. The zero-order valence-electron chi connectivity index (χ0n) is 14.9. The Morgan fingerprint density at radius 3 is 2.19 bits per heavy atom. The van der Waals surface area contributed by atoms with Crippen molar-refractivity contribution in [3.05, 3.63) is 103 Å². The van der Waals surface area contributed by atoms with Crippen LogP contribution in [0.5, 0.6) is 5.75 Å². The number of pyridine rings is 1. The number of hydrogen-bond donors (Lipinski definition) is 1. The first-order chi connectivity index (χ1) is 13.3. The number of benzene rings is 3. The van der Waals surface area contributed by atoms with Gasteiger partial charge in [-0.05, 0) is 52.6 Å². The highest BCUT2D eigenvalue weighted by molar-refractivity contribution is 5.91. The van der Waals surface area contributed by atoms with Crippen LogP contribution in [0.25, 0.3) is 22.3 Å². The van der Waals surface area contributed by atoms with E-state index in [0.717, 1.165) is 39.3 Å². The highest BCUT2D eigenvalue weighted by Crippen LogP contribution is 2.36. The summed E-state index contributed by atoms with van der Waals surface area (Å²) >= 11 is 0. The average Bonchev–Trinajstić information content (AvgIpc) is 2.74. The Hall–Kier alpha value is -3.59. The van der Waals surface area contributed by atoms with Gasteiger partial charge in [0.2, 0.25) is 0 Å². The number of rotatable bonds is 5. The second-order valence-electron chi connectivity index (χ2n) is 6.30. The smallest absolute Gasteiger partial charge is 0.119 e. The van der Waals surface area contributed by atoms with Crippen molar-refractivity contribution in [2.45, 2.75) is 6.61 Å². The van der Waals surface area contributed by atoms with Crippen LogP contribution < -0.4 is 10.5 Å². The summed E-state index contributed by atoms with van der Waals surface area (Å²) in [6.07, 6.45) is 3.59. The summed E-state index contributed by atoms with van der Waals surface area (Å²) in [6, 6.07) is 28.2. The molecule has 132 valence electrons. The van der Waals surface area contributed by atoms with Gasteiger partial charge in [0.05, 0.1) is 0 Å². The fraction of sp³-hybridized carbons (Fsp3) is 0.0417. The van der Waals surface area contributed by atoms with E-state index in [1.807, 2.05) is 54.6 Å². The predicted molar refractivity (Wildman–Crippen MR) is 110 cm³/mol. The monoisotopic (exact) mass is 352 g/mol. The maximum Gasteiger partial charge on any atom is 0.119 e. The van der Waals surface area contributed by atoms with E-state index in [4.69, 9.17) is 10.5 Å². The van der Waals surface area contributed by atoms with Gasteiger partial charge in [-0.25, -0.2) is 0 Å². The van der Waals surface area contributed by atoms with E-state index in [1.54, 1.807) is 12.4 Å². The van der Waals surface area contributed by atoms with Crippen molar-refractivity contribution in [3.63, 3.8) is 0 Å². The molecule has 0 saturated carbocycles. The van der Waals surface area contributed by atoms with Crippen LogP contribution in [-0.2, 0) is 6.61 Å². The number of ether oxygens (including phenoxy) is 1. The van der Waals surface area contributed by atoms with E-state index in [0.29, 0.717) is 6.61 Å². The van der Waals surface area contributed by atoms with E-state index < -0.39 is 0 Å². The number of nitrogens with two attached hydrogens (primary N) is 1. The van der Waals surface area contributed by atoms with Crippen LogP contribution in [-0.4, -0.2) is 4.98 Å². The topological polar surface area (TPSA) is 48.1 Å². The molecule has 3 nitrogen and oxygen atoms in total. The van der Waals surface area contributed by atoms with Crippen LogP contribution >= 0.6 is 0 Å². The van der Waals surface area contributed by atoms with Crippen LogP contribution in [0.3, 0.4) is 0 Å². The van der Waals surface area contributed by atoms with Crippen molar-refractivity contribution in [1.82, 2.24) is 4.98 Å². The quantitative estimate of drug-likeness (QED) is 0.477. The fourth-order valence-electron chi connectivity index (χ4n) is 3.12. The number of aromatic nitrogens is 1. The number of nitrogen functional groups attached to an aromatic ring is 1. The summed E-state index contributed by atoms with van der Waals surface area (Å²) in [5.41, 5.74) is 12.5. The van der Waals surface area contributed by atoms with E-state index in [1.165, 1.54) is 0 Å². The van der Waals surface area contributed by atoms with Crippen molar-refractivity contribution in [1.29, 1.82) is 0 Å². The fourth-order valence-corrected chi connectivity index (χ4v) is 3.12. The van der Waals surface area contributed by atoms with E-state index >= 15 is 0 Å². The minimum Gasteiger partial charge on any atom is -0.489 e. The third kappa shape index (κ3) is 3.82. The van der Waals surface area contributed by atoms with Gasteiger partial charge in [-0.15, -0.1) is 0 Å². The number of anilines is 1. The van der Waals surface area contributed by atoms with Gasteiger partial charge >= 0.3 is 0 Å². The maximum atomic E-state index is 6.32. The first-order valence-electron chi connectivity index (χ1n) is 8.87. The molecule has 1 aromatic heterocycles. The largest absolute Gasteiger partial charge is 0.489 e. The zero-order valence-corrected chi connectivity index (χ0v) is 14.9. The van der Waals surface area contributed by atoms with Gasteiger partial charge in [0.15, 0.2) is 0 Å². The first kappa shape index (κ1) is 16.9. The van der Waals surface area contributed by atoms with Gasteiger partial charge in [0.25, 0.3) is 0 Å². The van der Waals surface area contributed by atoms with Crippen molar-refractivity contribution < 1.29 is 4.74 Å². The van der Waals surface area contributed by atoms with Crippen molar-refractivity contribution in [3.8, 4) is 28.0 Å². The highest BCUT2D eigenvalue weighted by atomic mass is 16.5. The highest BCUT2D eigenvalue weighted by Gasteiger charge is 2.11. The molecule has 1 heterocycles. The van der Waals surface area contributed by atoms with Crippen LogP contribution in [0.4, 0.5) is 5.69 Å². The molecule has 4 aromatic rings. The molecular weight excluding hydrogens is 332 g/mol. The molecule has 3 aromatic carbocycles. The predicted octanol–water partition coefficient (Wildman–Crippen LogP) is 5.58. The Kier molecular flexibility index (Phi) is 4.84. The summed E-state index contributed by atoms with van der Waals surface area (Å²) in [7, 11) is 0. The molecule has 0 bridgehead atoms. The van der Waals surface area contributed by atoms with Gasteiger partial charge in [-0.3, -0.25) is 4.98 Å². The van der Waals surface area contributed by atoms with Gasteiger partial charge in [0, 0.05) is 23.6 Å². The van der Waals surface area contributed by atoms with Crippen LogP contribution in [0.2, 0.25) is 0 Å². The molecule has 2 N–H and O–H groups in total. The second-order valence-corrected chi connectivity index (χ2v) is 6.30. The normalized spacial score (nSPS) is 10.5. The Morgan fingerprint density at radius 2 is 1.44 bits per heavy atom. The SMILES string of the molecule is Nc1cccc(-c2ccncc2)c1-c1ccc(OCc2ccccc2)cc1. The van der Waals surface area contributed by atoms with E-state index in [9.17, 15) is 0 Å². The number of nitrogens with zero attached hydrogens (tertiary/aromatic N) is 1. The van der Waals surface area contributed by atoms with E-state index in [-0.39, 0.29) is 0 Å².